The highest BCUT2D eigenvalue weighted by molar-refractivity contribution is 5.72. The summed E-state index contributed by atoms with van der Waals surface area (Å²) >= 11 is 0. The molecule has 6 heteroatoms. The average Bonchev–Trinajstić information content (AvgIpc) is 2.61. The van der Waals surface area contributed by atoms with Gasteiger partial charge in [-0.15, -0.1) is 0 Å². The molecular formula is C21H32N2O4. The summed E-state index contributed by atoms with van der Waals surface area (Å²) in [6.45, 7) is 10.1. The molecule has 1 N–H and O–H groups in total. The van der Waals surface area contributed by atoms with Crippen LogP contribution in [0.5, 0.6) is 0 Å². The highest BCUT2D eigenvalue weighted by Gasteiger charge is 2.28. The van der Waals surface area contributed by atoms with Crippen LogP contribution in [-0.4, -0.2) is 48.8 Å². The van der Waals surface area contributed by atoms with Crippen molar-refractivity contribution < 1.29 is 19.1 Å². The molecule has 1 atom stereocenters. The van der Waals surface area contributed by atoms with Gasteiger partial charge in [-0.2, -0.15) is 0 Å². The number of nitrogens with zero attached hydrogens (tertiary/aromatic N) is 1. The van der Waals surface area contributed by atoms with Crippen LogP contribution in [0, 0.1) is 5.92 Å². The number of hydrogen-bond donors (Lipinski definition) is 1. The van der Waals surface area contributed by atoms with Gasteiger partial charge < -0.3 is 19.7 Å². The van der Waals surface area contributed by atoms with Gasteiger partial charge >= 0.3 is 12.1 Å². The molecule has 1 heterocycles. The third-order valence-electron chi connectivity index (χ3n) is 4.54. The van der Waals surface area contributed by atoms with Crippen LogP contribution in [0.3, 0.4) is 0 Å². The maximum Gasteiger partial charge on any atom is 0.408 e. The van der Waals surface area contributed by atoms with Crippen LogP contribution in [0.15, 0.2) is 30.3 Å². The zero-order valence-electron chi connectivity index (χ0n) is 16.9. The fourth-order valence-corrected chi connectivity index (χ4v) is 3.24. The molecule has 6 nitrogen and oxygen atoms in total. The van der Waals surface area contributed by atoms with Gasteiger partial charge in [-0.3, -0.25) is 4.79 Å². The number of esters is 1. The van der Waals surface area contributed by atoms with Crippen molar-refractivity contribution in [3.05, 3.63) is 35.9 Å². The molecule has 0 bridgehead atoms. The quantitative estimate of drug-likeness (QED) is 0.770. The van der Waals surface area contributed by atoms with Crippen LogP contribution in [0.2, 0.25) is 0 Å². The smallest absolute Gasteiger partial charge is 0.408 e. The lowest BCUT2D eigenvalue weighted by atomic mass is 9.96. The molecule has 0 radical (unpaired) electrons. The number of likely N-dealkylation sites (tertiary alicyclic amines) is 1. The van der Waals surface area contributed by atoms with Crippen molar-refractivity contribution in [3.8, 4) is 0 Å². The fraction of sp³-hybridized carbons (Fsp3) is 0.619. The first-order valence-electron chi connectivity index (χ1n) is 9.72. The second-order valence-electron chi connectivity index (χ2n) is 7.94. The second kappa shape index (κ2) is 9.74. The van der Waals surface area contributed by atoms with Crippen molar-refractivity contribution >= 4 is 12.1 Å². The number of alkyl carbamates (subject to hydrolysis) is 1. The van der Waals surface area contributed by atoms with Crippen molar-refractivity contribution in [2.45, 2.75) is 52.2 Å². The highest BCUT2D eigenvalue weighted by Crippen LogP contribution is 2.22. The monoisotopic (exact) mass is 376 g/mol. The SMILES string of the molecule is CCOC(=O)C1CCN(C[C@H](NC(=O)OC(C)(C)C)c2ccccc2)CC1. The Kier molecular flexibility index (Phi) is 7.66. The second-order valence-corrected chi connectivity index (χ2v) is 7.94. The molecule has 1 aromatic rings. The van der Waals surface area contributed by atoms with Gasteiger partial charge in [-0.25, -0.2) is 4.79 Å². The minimum Gasteiger partial charge on any atom is -0.466 e. The van der Waals surface area contributed by atoms with Crippen molar-refractivity contribution in [2.24, 2.45) is 5.92 Å². The van der Waals surface area contributed by atoms with Gasteiger partial charge in [0, 0.05) is 6.54 Å². The molecule has 1 fully saturated rings. The zero-order chi connectivity index (χ0) is 19.9. The van der Waals surface area contributed by atoms with E-state index in [1.54, 1.807) is 0 Å². The summed E-state index contributed by atoms with van der Waals surface area (Å²) in [6, 6.07) is 9.73. The largest absolute Gasteiger partial charge is 0.466 e. The molecule has 0 aliphatic carbocycles. The lowest BCUT2D eigenvalue weighted by Gasteiger charge is -2.34. The first-order chi connectivity index (χ1) is 12.8. The van der Waals surface area contributed by atoms with E-state index < -0.39 is 11.7 Å². The van der Waals surface area contributed by atoms with Gasteiger partial charge in [-0.1, -0.05) is 30.3 Å². The van der Waals surface area contributed by atoms with Crippen molar-refractivity contribution in [2.75, 3.05) is 26.2 Å². The van der Waals surface area contributed by atoms with E-state index in [9.17, 15) is 9.59 Å². The van der Waals surface area contributed by atoms with Gasteiger partial charge in [0.1, 0.15) is 5.60 Å². The van der Waals surface area contributed by atoms with Crippen LogP contribution >= 0.6 is 0 Å². The van der Waals surface area contributed by atoms with E-state index in [4.69, 9.17) is 9.47 Å². The molecule has 0 spiro atoms. The van der Waals surface area contributed by atoms with Crippen molar-refractivity contribution in [1.29, 1.82) is 0 Å². The van der Waals surface area contributed by atoms with Gasteiger partial charge in [0.15, 0.2) is 0 Å². The molecule has 0 aromatic heterocycles. The number of benzene rings is 1. The minimum atomic E-state index is -0.538. The maximum atomic E-state index is 12.3. The third kappa shape index (κ3) is 7.21. The van der Waals surface area contributed by atoms with E-state index in [2.05, 4.69) is 10.2 Å². The molecular weight excluding hydrogens is 344 g/mol. The van der Waals surface area contributed by atoms with Crippen molar-refractivity contribution in [3.63, 3.8) is 0 Å². The Hall–Kier alpha value is -2.08. The number of ether oxygens (including phenoxy) is 2. The molecule has 0 unspecified atom stereocenters. The maximum absolute atomic E-state index is 12.3. The van der Waals surface area contributed by atoms with Gasteiger partial charge in [0.2, 0.25) is 0 Å². The number of carbonyl (C=O) groups is 2. The lowest BCUT2D eigenvalue weighted by molar-refractivity contribution is -0.149. The lowest BCUT2D eigenvalue weighted by Crippen LogP contribution is -2.44. The van der Waals surface area contributed by atoms with E-state index in [-0.39, 0.29) is 17.9 Å². The summed E-state index contributed by atoms with van der Waals surface area (Å²) in [4.78, 5) is 26.5. The predicted molar refractivity (Wildman–Crippen MR) is 104 cm³/mol. The highest BCUT2D eigenvalue weighted by atomic mass is 16.6. The minimum absolute atomic E-state index is 0.0183. The summed E-state index contributed by atoms with van der Waals surface area (Å²) in [5.74, 6) is -0.112. The van der Waals surface area contributed by atoms with E-state index in [0.717, 1.165) is 31.5 Å². The number of piperidine rings is 1. The molecule has 1 amide bonds. The standard InChI is InChI=1S/C21H32N2O4/c1-5-26-19(24)17-11-13-23(14-12-17)15-18(16-9-7-6-8-10-16)22-20(25)27-21(2,3)4/h6-10,17-18H,5,11-15H2,1-4H3,(H,22,25)/t18-/m0/s1. The van der Waals surface area contributed by atoms with Crippen LogP contribution in [0.1, 0.15) is 52.1 Å². The van der Waals surface area contributed by atoms with Gasteiger partial charge in [-0.05, 0) is 59.2 Å². The summed E-state index contributed by atoms with van der Waals surface area (Å²) in [6.07, 6.45) is 1.15. The zero-order valence-corrected chi connectivity index (χ0v) is 16.9. The molecule has 1 saturated heterocycles. The normalized spacial score (nSPS) is 17.2. The Bertz CT molecular complexity index is 604. The van der Waals surface area contributed by atoms with E-state index in [1.165, 1.54) is 0 Å². The van der Waals surface area contributed by atoms with Gasteiger partial charge in [0.25, 0.3) is 0 Å². The Balaban J connectivity index is 1.97. The molecule has 1 aliphatic heterocycles. The number of hydrogen-bond acceptors (Lipinski definition) is 5. The number of nitrogens with one attached hydrogen (secondary N) is 1. The molecule has 150 valence electrons. The predicted octanol–water partition coefficient (Wildman–Crippen LogP) is 3.53. The van der Waals surface area contributed by atoms with Crippen LogP contribution in [-0.2, 0) is 14.3 Å². The number of amides is 1. The summed E-state index contributed by atoms with van der Waals surface area (Å²) in [5.41, 5.74) is 0.499. The third-order valence-corrected chi connectivity index (χ3v) is 4.54. The Morgan fingerprint density at radius 2 is 1.81 bits per heavy atom. The van der Waals surface area contributed by atoms with Crippen LogP contribution in [0.25, 0.3) is 0 Å². The molecule has 2 rings (SSSR count). The molecule has 0 saturated carbocycles. The van der Waals surface area contributed by atoms with E-state index in [0.29, 0.717) is 13.2 Å². The molecule has 1 aliphatic rings. The van der Waals surface area contributed by atoms with Gasteiger partial charge in [0.05, 0.1) is 18.6 Å². The summed E-state index contributed by atoms with van der Waals surface area (Å²) in [5, 5.41) is 3.00. The number of carbonyl (C=O) groups excluding carboxylic acids is 2. The summed E-state index contributed by atoms with van der Waals surface area (Å²) < 4.78 is 10.6. The Morgan fingerprint density at radius 3 is 2.37 bits per heavy atom. The Labute approximate surface area is 162 Å². The van der Waals surface area contributed by atoms with E-state index in [1.807, 2.05) is 58.0 Å². The first-order valence-corrected chi connectivity index (χ1v) is 9.72. The topological polar surface area (TPSA) is 67.9 Å². The fourth-order valence-electron chi connectivity index (χ4n) is 3.24. The van der Waals surface area contributed by atoms with Crippen molar-refractivity contribution in [1.82, 2.24) is 10.2 Å². The molecule has 1 aromatic carbocycles. The summed E-state index contributed by atoms with van der Waals surface area (Å²) in [7, 11) is 0. The van der Waals surface area contributed by atoms with E-state index >= 15 is 0 Å². The van der Waals surface area contributed by atoms with Crippen LogP contribution < -0.4 is 5.32 Å². The van der Waals surface area contributed by atoms with Crippen LogP contribution in [0.4, 0.5) is 4.79 Å². The first kappa shape index (κ1) is 21.2. The number of rotatable bonds is 6. The average molecular weight is 376 g/mol. The Morgan fingerprint density at radius 1 is 1.19 bits per heavy atom. The molecule has 27 heavy (non-hydrogen) atoms.